The molecule has 0 atom stereocenters. The van der Waals surface area contributed by atoms with Gasteiger partial charge in [0.15, 0.2) is 0 Å². The van der Waals surface area contributed by atoms with Crippen molar-refractivity contribution in [2.24, 2.45) is 0 Å². The topological polar surface area (TPSA) is 0 Å². The Hall–Kier alpha value is 1.12. The molecule has 0 bridgehead atoms. The quantitative estimate of drug-likeness (QED) is 0.446. The molecule has 0 unspecified atom stereocenters. The van der Waals surface area contributed by atoms with Crippen molar-refractivity contribution in [3.05, 3.63) is 0 Å². The van der Waals surface area contributed by atoms with Gasteiger partial charge in [-0.25, -0.2) is 0 Å². The second-order valence-electron chi connectivity index (χ2n) is 0.426. The molecular weight excluding hydrogens is 107 g/mol. The summed E-state index contributed by atoms with van der Waals surface area (Å²) in [5.74, 6) is 2.09. The van der Waals surface area contributed by atoms with E-state index in [1.807, 2.05) is 15.0 Å². The van der Waals surface area contributed by atoms with Gasteiger partial charge in [0.1, 0.15) is 0 Å². The number of hydrogen-bond acceptors (Lipinski definition) is 0. The van der Waals surface area contributed by atoms with Gasteiger partial charge in [0.25, 0.3) is 0 Å². The predicted molar refractivity (Wildman–Crippen MR) is 23.5 cm³/mol. The van der Waals surface area contributed by atoms with Gasteiger partial charge in [0.05, 0.1) is 0 Å². The van der Waals surface area contributed by atoms with Crippen LogP contribution in [-0.4, -0.2) is 18.9 Å². The van der Waals surface area contributed by atoms with Crippen LogP contribution in [0.15, 0.2) is 0 Å². The summed E-state index contributed by atoms with van der Waals surface area (Å²) >= 11 is 1.92. The first-order valence-corrected chi connectivity index (χ1v) is 2.83. The van der Waals surface area contributed by atoms with E-state index in [4.69, 9.17) is 0 Å². The van der Waals surface area contributed by atoms with Crippen LogP contribution in [0.5, 0.6) is 0 Å². The maximum absolute atomic E-state index is 2.14. The summed E-state index contributed by atoms with van der Waals surface area (Å²) in [5, 5.41) is 1.23. The van der Waals surface area contributed by atoms with Crippen molar-refractivity contribution in [2.45, 2.75) is 18.1 Å². The van der Waals surface area contributed by atoms with Crippen molar-refractivity contribution >= 4 is 18.9 Å². The first-order valence-electron chi connectivity index (χ1n) is 1.22. The van der Waals surface area contributed by atoms with E-state index >= 15 is 0 Å². The van der Waals surface area contributed by atoms with Gasteiger partial charge in [0, 0.05) is 0 Å². The Morgan fingerprint density at radius 3 is 1.80 bits per heavy atom. The molecule has 0 aromatic rings. The molecule has 2 heteroatoms. The summed E-state index contributed by atoms with van der Waals surface area (Å²) in [6.07, 6.45) is 0. The molecule has 0 N–H and O–H groups in total. The molecule has 33 valence electrons. The molecule has 0 aliphatic carbocycles. The maximum atomic E-state index is 2.14. The van der Waals surface area contributed by atoms with E-state index in [-0.39, 0.29) is 18.9 Å². The zero-order chi connectivity index (χ0) is 3.41. The molecule has 0 radical (unpaired) electrons. The summed E-state index contributed by atoms with van der Waals surface area (Å²) in [6, 6.07) is 0. The van der Waals surface area contributed by atoms with Crippen molar-refractivity contribution in [3.63, 3.8) is 0 Å². The Bertz CT molecular complexity index is 8.85. The van der Waals surface area contributed by atoms with E-state index < -0.39 is 0 Å². The molecule has 0 saturated heterocycles. The van der Waals surface area contributed by atoms with Crippen LogP contribution in [0.3, 0.4) is 0 Å². The molecule has 5 heavy (non-hydrogen) atoms. The summed E-state index contributed by atoms with van der Waals surface area (Å²) in [6.45, 7) is 2.14. The fourth-order valence-corrected chi connectivity index (χ4v) is 0. The van der Waals surface area contributed by atoms with E-state index in [2.05, 4.69) is 12.7 Å². The summed E-state index contributed by atoms with van der Waals surface area (Å²) in [4.78, 5) is 0. The first kappa shape index (κ1) is 9.45. The van der Waals surface area contributed by atoms with Crippen molar-refractivity contribution in [2.75, 3.05) is 0 Å². The van der Waals surface area contributed by atoms with Gasteiger partial charge in [-0.15, -0.1) is 0 Å². The fourth-order valence-electron chi connectivity index (χ4n) is 0. The molecule has 0 aliphatic heterocycles. The Balaban J connectivity index is 0. The van der Waals surface area contributed by atoms with E-state index in [0.717, 1.165) is 0 Å². The third-order valence-corrected chi connectivity index (χ3v) is 0.879. The third kappa shape index (κ3) is 11.1. The van der Waals surface area contributed by atoms with Crippen LogP contribution < -0.4 is 0 Å². The normalized spacial score (nSPS) is 6.80. The zero-order valence-corrected chi connectivity index (χ0v) is 3.95. The van der Waals surface area contributed by atoms with Gasteiger partial charge in [-0.1, -0.05) is 0 Å². The Labute approximate surface area is 52.0 Å². The van der Waals surface area contributed by atoms with E-state index in [1.165, 1.54) is 5.32 Å². The second kappa shape index (κ2) is 8.93. The van der Waals surface area contributed by atoms with Gasteiger partial charge in [-0.3, -0.25) is 0 Å². The molecule has 0 aliphatic rings. The molecule has 0 heterocycles. The van der Waals surface area contributed by atoms with Crippen molar-refractivity contribution < 1.29 is 15.0 Å². The number of rotatable bonds is 1. The molecule has 0 spiro atoms. The van der Waals surface area contributed by atoms with Crippen molar-refractivity contribution in [1.82, 2.24) is 0 Å². The second-order valence-corrected chi connectivity index (χ2v) is 1.76. The summed E-state index contributed by atoms with van der Waals surface area (Å²) < 4.78 is 0. The number of hydrogen-bond donors (Lipinski definition) is 0. The summed E-state index contributed by atoms with van der Waals surface area (Å²) in [7, 11) is 0. The van der Waals surface area contributed by atoms with Gasteiger partial charge in [0.2, 0.25) is 0 Å². The fraction of sp³-hybridized carbons (Fsp3) is 1.00. The van der Waals surface area contributed by atoms with Crippen LogP contribution >= 0.6 is 0 Å². The molecule has 0 aromatic carbocycles. The molecule has 0 aromatic heterocycles. The van der Waals surface area contributed by atoms with Gasteiger partial charge in [-0.2, -0.15) is 0 Å². The standard InChI is InChI=1S/C2H5.CH3.Cu.Li.H/c1-2;;;;/h1H2,2H3;1H3;;;. The van der Waals surface area contributed by atoms with Crippen LogP contribution in [0.2, 0.25) is 11.1 Å². The van der Waals surface area contributed by atoms with Crippen LogP contribution in [0.4, 0.5) is 0 Å². The average molecular weight is 116 g/mol. The van der Waals surface area contributed by atoms with E-state index in [1.54, 1.807) is 0 Å². The molecule has 0 rings (SSSR count). The Morgan fingerprint density at radius 2 is 1.80 bits per heavy atom. The SMILES string of the molecule is C[CH2][Cu][CH3].[LiH]. The minimum absolute atomic E-state index is 0. The van der Waals surface area contributed by atoms with Gasteiger partial charge in [-0.05, 0) is 0 Å². The Kier molecular flexibility index (Phi) is 16.9. The average Bonchev–Trinajstić information content (AvgIpc) is 1.37. The zero-order valence-electron chi connectivity index (χ0n) is 3.01. The van der Waals surface area contributed by atoms with E-state index in [9.17, 15) is 0 Å². The van der Waals surface area contributed by atoms with Crippen LogP contribution in [0, 0.1) is 0 Å². The Morgan fingerprint density at radius 1 is 1.60 bits per heavy atom. The molecule has 0 fully saturated rings. The molecule has 0 nitrogen and oxygen atoms in total. The predicted octanol–water partition coefficient (Wildman–Crippen LogP) is 0.907. The monoisotopic (exact) mass is 115 g/mol. The molecular formula is C3H9CuLi. The van der Waals surface area contributed by atoms with Crippen molar-refractivity contribution in [1.29, 1.82) is 0 Å². The van der Waals surface area contributed by atoms with Gasteiger partial charge >= 0.3 is 51.9 Å². The molecule has 0 amide bonds. The molecule has 0 saturated carbocycles. The van der Waals surface area contributed by atoms with Crippen LogP contribution in [0.25, 0.3) is 0 Å². The van der Waals surface area contributed by atoms with Gasteiger partial charge < -0.3 is 0 Å². The van der Waals surface area contributed by atoms with E-state index in [0.29, 0.717) is 0 Å². The third-order valence-electron chi connectivity index (χ3n) is 0.213. The van der Waals surface area contributed by atoms with Crippen LogP contribution in [0.1, 0.15) is 6.92 Å². The summed E-state index contributed by atoms with van der Waals surface area (Å²) in [5.41, 5.74) is 0. The first-order chi connectivity index (χ1) is 1.91. The van der Waals surface area contributed by atoms with Crippen LogP contribution in [-0.2, 0) is 15.0 Å². The minimum atomic E-state index is 0. The van der Waals surface area contributed by atoms with Crippen molar-refractivity contribution in [3.8, 4) is 0 Å².